The summed E-state index contributed by atoms with van der Waals surface area (Å²) in [7, 11) is -3.77. The average molecular weight is 482 g/mol. The number of benzene rings is 2. The van der Waals surface area contributed by atoms with Crippen LogP contribution in [0.3, 0.4) is 0 Å². The predicted molar refractivity (Wildman–Crippen MR) is 121 cm³/mol. The van der Waals surface area contributed by atoms with Crippen LogP contribution in [0, 0.1) is 5.82 Å². The number of nitrogens with zero attached hydrogens (tertiary/aromatic N) is 2. The van der Waals surface area contributed by atoms with Crippen LogP contribution in [0.25, 0.3) is 10.6 Å². The lowest BCUT2D eigenvalue weighted by atomic mass is 10.2. The van der Waals surface area contributed by atoms with E-state index in [0.717, 1.165) is 0 Å². The van der Waals surface area contributed by atoms with Gasteiger partial charge in [0.2, 0.25) is 15.9 Å². The Morgan fingerprint density at radius 1 is 1.19 bits per heavy atom. The summed E-state index contributed by atoms with van der Waals surface area (Å²) in [6.07, 6.45) is -0.00737. The molecule has 6 nitrogen and oxygen atoms in total. The van der Waals surface area contributed by atoms with Crippen molar-refractivity contribution in [1.29, 1.82) is 0 Å². The Balaban J connectivity index is 1.74. The number of carbonyl (C=O) groups excluding carboxylic acids is 1. The van der Waals surface area contributed by atoms with Crippen molar-refractivity contribution in [3.63, 3.8) is 0 Å². The Labute approximate surface area is 189 Å². The molecular formula is C21H21ClFN3O3S2. The van der Waals surface area contributed by atoms with Crippen LogP contribution in [0.1, 0.15) is 19.5 Å². The molecule has 0 aliphatic carbocycles. The highest BCUT2D eigenvalue weighted by molar-refractivity contribution is 7.89. The molecule has 0 fully saturated rings. The summed E-state index contributed by atoms with van der Waals surface area (Å²) in [6, 6.07) is 10.4. The van der Waals surface area contributed by atoms with Gasteiger partial charge in [0.1, 0.15) is 15.7 Å². The van der Waals surface area contributed by atoms with Crippen molar-refractivity contribution in [3.8, 4) is 10.6 Å². The number of hydrogen-bond acceptors (Lipinski definition) is 5. The minimum Gasteiger partial charge on any atom is -0.326 e. The topological polar surface area (TPSA) is 79.4 Å². The van der Waals surface area contributed by atoms with Crippen LogP contribution < -0.4 is 5.32 Å². The number of sulfonamides is 1. The Kier molecular flexibility index (Phi) is 7.42. The Hall–Kier alpha value is -2.33. The van der Waals surface area contributed by atoms with Crippen LogP contribution in [0.15, 0.2) is 52.7 Å². The van der Waals surface area contributed by atoms with Crippen molar-refractivity contribution in [2.45, 2.75) is 25.2 Å². The van der Waals surface area contributed by atoms with E-state index >= 15 is 0 Å². The van der Waals surface area contributed by atoms with Gasteiger partial charge >= 0.3 is 0 Å². The van der Waals surface area contributed by atoms with Crippen molar-refractivity contribution in [1.82, 2.24) is 9.29 Å². The van der Waals surface area contributed by atoms with E-state index in [1.54, 1.807) is 37.4 Å². The lowest BCUT2D eigenvalue weighted by Crippen LogP contribution is -2.31. The molecule has 0 aliphatic rings. The fraction of sp³-hybridized carbons (Fsp3) is 0.238. The second-order valence-electron chi connectivity index (χ2n) is 6.61. The van der Waals surface area contributed by atoms with E-state index in [4.69, 9.17) is 11.6 Å². The summed E-state index contributed by atoms with van der Waals surface area (Å²) >= 11 is 7.44. The zero-order chi connectivity index (χ0) is 22.6. The fourth-order valence-corrected chi connectivity index (χ4v) is 5.77. The Morgan fingerprint density at radius 2 is 1.94 bits per heavy atom. The molecule has 164 valence electrons. The maximum absolute atomic E-state index is 13.4. The minimum atomic E-state index is -3.77. The van der Waals surface area contributed by atoms with Gasteiger partial charge in [-0.1, -0.05) is 37.6 Å². The van der Waals surface area contributed by atoms with Gasteiger partial charge in [-0.2, -0.15) is 4.31 Å². The highest BCUT2D eigenvalue weighted by Gasteiger charge is 2.25. The van der Waals surface area contributed by atoms with E-state index in [1.165, 1.54) is 39.9 Å². The average Bonchev–Trinajstić information content (AvgIpc) is 3.18. The number of thiazole rings is 1. The van der Waals surface area contributed by atoms with Gasteiger partial charge in [-0.15, -0.1) is 11.3 Å². The molecule has 1 amide bonds. The molecule has 10 heteroatoms. The van der Waals surface area contributed by atoms with Crippen LogP contribution in [0.5, 0.6) is 0 Å². The molecule has 0 saturated heterocycles. The third-order valence-corrected chi connectivity index (χ3v) is 7.97. The van der Waals surface area contributed by atoms with Crippen molar-refractivity contribution >= 4 is 44.6 Å². The molecule has 0 radical (unpaired) electrons. The van der Waals surface area contributed by atoms with E-state index < -0.39 is 10.0 Å². The third-order valence-electron chi connectivity index (χ3n) is 4.50. The first kappa shape index (κ1) is 23.3. The van der Waals surface area contributed by atoms with Crippen molar-refractivity contribution in [2.75, 3.05) is 18.4 Å². The highest BCUT2D eigenvalue weighted by atomic mass is 35.5. The first-order valence-electron chi connectivity index (χ1n) is 9.54. The zero-order valence-electron chi connectivity index (χ0n) is 16.9. The van der Waals surface area contributed by atoms with Gasteiger partial charge in [-0.25, -0.2) is 17.8 Å². The maximum Gasteiger partial charge on any atom is 0.244 e. The number of carbonyl (C=O) groups is 1. The van der Waals surface area contributed by atoms with Gasteiger partial charge in [-0.05, 0) is 30.3 Å². The summed E-state index contributed by atoms with van der Waals surface area (Å²) < 4.78 is 40.3. The van der Waals surface area contributed by atoms with Gasteiger partial charge in [0.05, 0.1) is 17.1 Å². The molecule has 0 atom stereocenters. The van der Waals surface area contributed by atoms with Gasteiger partial charge in [0, 0.05) is 29.7 Å². The van der Waals surface area contributed by atoms with E-state index in [1.807, 2.05) is 0 Å². The van der Waals surface area contributed by atoms with E-state index in [9.17, 15) is 17.6 Å². The molecule has 0 aliphatic heterocycles. The molecule has 0 saturated carbocycles. The molecule has 3 aromatic rings. The number of nitrogens with one attached hydrogen (secondary N) is 1. The van der Waals surface area contributed by atoms with Crippen LogP contribution >= 0.6 is 22.9 Å². The largest absolute Gasteiger partial charge is 0.326 e. The Morgan fingerprint density at radius 3 is 2.61 bits per heavy atom. The van der Waals surface area contributed by atoms with Crippen molar-refractivity contribution in [2.24, 2.45) is 0 Å². The molecule has 3 rings (SSSR count). The first-order chi connectivity index (χ1) is 14.7. The summed E-state index contributed by atoms with van der Waals surface area (Å²) in [5.41, 5.74) is 1.49. The second-order valence-corrected chi connectivity index (χ2v) is 9.79. The standard InChI is InChI=1S/C21H21ClFN3O3S2/c1-3-26(4-2)31(28,29)19-11-16(8-9-18(19)22)24-20(27)12-17-13-30-21(25-17)14-6-5-7-15(23)10-14/h5-11,13H,3-4,12H2,1-2H3,(H,24,27). The summed E-state index contributed by atoms with van der Waals surface area (Å²) in [5.74, 6) is -0.713. The molecule has 2 aromatic carbocycles. The SMILES string of the molecule is CCN(CC)S(=O)(=O)c1cc(NC(=O)Cc2csc(-c3cccc(F)c3)n2)ccc1Cl. The summed E-state index contributed by atoms with van der Waals surface area (Å²) in [4.78, 5) is 16.8. The minimum absolute atomic E-state index is 0.00737. The van der Waals surface area contributed by atoms with Gasteiger partial charge in [0.15, 0.2) is 0 Å². The van der Waals surface area contributed by atoms with E-state index in [-0.39, 0.29) is 28.1 Å². The van der Waals surface area contributed by atoms with E-state index in [2.05, 4.69) is 10.3 Å². The molecule has 0 spiro atoms. The van der Waals surface area contributed by atoms with Crippen LogP contribution in [0.2, 0.25) is 5.02 Å². The number of rotatable bonds is 8. The molecular weight excluding hydrogens is 461 g/mol. The predicted octanol–water partition coefficient (Wildman–Crippen LogP) is 4.81. The molecule has 1 N–H and O–H groups in total. The zero-order valence-corrected chi connectivity index (χ0v) is 19.3. The fourth-order valence-electron chi connectivity index (χ4n) is 2.99. The highest BCUT2D eigenvalue weighted by Crippen LogP contribution is 2.28. The third kappa shape index (κ3) is 5.48. The molecule has 1 aromatic heterocycles. The quantitative estimate of drug-likeness (QED) is 0.500. The number of halogens is 2. The smallest absolute Gasteiger partial charge is 0.244 e. The number of amides is 1. The summed E-state index contributed by atoms with van der Waals surface area (Å²) in [5, 5.41) is 5.12. The van der Waals surface area contributed by atoms with Gasteiger partial charge in [-0.3, -0.25) is 4.79 Å². The number of anilines is 1. The van der Waals surface area contributed by atoms with E-state index in [0.29, 0.717) is 35.0 Å². The van der Waals surface area contributed by atoms with Crippen LogP contribution in [0.4, 0.5) is 10.1 Å². The number of hydrogen-bond donors (Lipinski definition) is 1. The van der Waals surface area contributed by atoms with Gasteiger partial charge in [0.25, 0.3) is 0 Å². The lowest BCUT2D eigenvalue weighted by Gasteiger charge is -2.19. The second kappa shape index (κ2) is 9.86. The van der Waals surface area contributed by atoms with Crippen LogP contribution in [-0.2, 0) is 21.2 Å². The first-order valence-corrected chi connectivity index (χ1v) is 12.2. The summed E-state index contributed by atoms with van der Waals surface area (Å²) in [6.45, 7) is 4.10. The normalized spacial score (nSPS) is 11.6. The molecule has 0 unspecified atom stereocenters. The maximum atomic E-state index is 13.4. The Bertz CT molecular complexity index is 1190. The van der Waals surface area contributed by atoms with Crippen molar-refractivity contribution in [3.05, 3.63) is 64.4 Å². The molecule has 1 heterocycles. The van der Waals surface area contributed by atoms with Gasteiger partial charge < -0.3 is 5.32 Å². The van der Waals surface area contributed by atoms with Crippen LogP contribution in [-0.4, -0.2) is 36.7 Å². The lowest BCUT2D eigenvalue weighted by molar-refractivity contribution is -0.115. The molecule has 0 bridgehead atoms. The number of aromatic nitrogens is 1. The molecule has 31 heavy (non-hydrogen) atoms. The van der Waals surface area contributed by atoms with Crippen molar-refractivity contribution < 1.29 is 17.6 Å². The monoisotopic (exact) mass is 481 g/mol.